The number of anilines is 1. The van der Waals surface area contributed by atoms with Gasteiger partial charge in [0, 0.05) is 0 Å². The molecule has 0 atom stereocenters. The Kier molecular flexibility index (Phi) is 2.90. The number of benzene rings is 1. The van der Waals surface area contributed by atoms with Crippen LogP contribution in [0.5, 0.6) is 0 Å². The van der Waals surface area contributed by atoms with Crippen molar-refractivity contribution in [3.05, 3.63) is 30.3 Å². The van der Waals surface area contributed by atoms with E-state index in [1.165, 1.54) is 0 Å². The zero-order valence-electron chi connectivity index (χ0n) is 7.04. The van der Waals surface area contributed by atoms with E-state index in [1.54, 1.807) is 30.3 Å². The van der Waals surface area contributed by atoms with Crippen LogP contribution < -0.4 is 5.43 Å². The molecule has 0 aliphatic heterocycles. The molecule has 0 aromatic heterocycles. The van der Waals surface area contributed by atoms with Crippen LogP contribution >= 0.6 is 0 Å². The molecule has 0 spiro atoms. The van der Waals surface area contributed by atoms with Crippen molar-refractivity contribution in [3.63, 3.8) is 0 Å². The van der Waals surface area contributed by atoms with Crippen LogP contribution in [0.3, 0.4) is 0 Å². The fraction of sp³-hybridized carbons (Fsp3) is 0. The number of nitrogens with one attached hydrogen (secondary N) is 1. The molecule has 1 aromatic rings. The minimum atomic E-state index is -1.58. The lowest BCUT2D eigenvalue weighted by molar-refractivity contribution is 0.132. The Morgan fingerprint density at radius 3 is 2.00 bits per heavy atom. The van der Waals surface area contributed by atoms with Crippen LogP contribution in [-0.4, -0.2) is 27.4 Å². The molecule has 0 radical (unpaired) electrons. The van der Waals surface area contributed by atoms with E-state index in [-0.39, 0.29) is 5.01 Å². The Bertz CT molecular complexity index is 324. The maximum Gasteiger partial charge on any atom is 0.436 e. The number of rotatable bonds is 2. The quantitative estimate of drug-likeness (QED) is 0.626. The van der Waals surface area contributed by atoms with Gasteiger partial charge in [0.15, 0.2) is 0 Å². The molecular weight excluding hydrogens is 188 g/mol. The molecule has 6 nitrogen and oxygen atoms in total. The third kappa shape index (κ3) is 2.37. The minimum Gasteiger partial charge on any atom is -0.463 e. The van der Waals surface area contributed by atoms with E-state index in [0.717, 1.165) is 0 Å². The molecule has 74 valence electrons. The van der Waals surface area contributed by atoms with Gasteiger partial charge in [-0.2, -0.15) is 0 Å². The molecule has 6 heteroatoms. The smallest absolute Gasteiger partial charge is 0.436 e. The molecule has 0 unspecified atom stereocenters. The summed E-state index contributed by atoms with van der Waals surface area (Å²) in [4.78, 5) is 20.9. The summed E-state index contributed by atoms with van der Waals surface area (Å²) in [6.45, 7) is 0. The highest BCUT2D eigenvalue weighted by molar-refractivity contribution is 5.87. The molecule has 1 aromatic carbocycles. The standard InChI is InChI=1S/C8H8N2O4/c11-7(12)10(8(13)14)9-6-4-2-1-3-5-6/h1-5,9H,(H,11,12)(H,13,14). The van der Waals surface area contributed by atoms with E-state index < -0.39 is 12.2 Å². The van der Waals surface area contributed by atoms with Crippen molar-refractivity contribution in [1.82, 2.24) is 5.01 Å². The number of amides is 2. The fourth-order valence-electron chi connectivity index (χ4n) is 0.819. The summed E-state index contributed by atoms with van der Waals surface area (Å²) in [6, 6.07) is 8.16. The third-order valence-corrected chi connectivity index (χ3v) is 1.40. The first kappa shape index (κ1) is 9.85. The number of carboxylic acid groups (broad SMARTS) is 2. The fourth-order valence-corrected chi connectivity index (χ4v) is 0.819. The summed E-state index contributed by atoms with van der Waals surface area (Å²) in [7, 11) is 0. The van der Waals surface area contributed by atoms with Gasteiger partial charge in [-0.3, -0.25) is 5.43 Å². The number of nitrogens with zero attached hydrogens (tertiary/aromatic N) is 1. The van der Waals surface area contributed by atoms with Crippen molar-refractivity contribution in [2.45, 2.75) is 0 Å². The zero-order chi connectivity index (χ0) is 10.6. The molecule has 0 saturated heterocycles. The van der Waals surface area contributed by atoms with Gasteiger partial charge in [0.2, 0.25) is 0 Å². The van der Waals surface area contributed by atoms with Crippen LogP contribution in [0, 0.1) is 0 Å². The lowest BCUT2D eigenvalue weighted by atomic mass is 10.3. The highest BCUT2D eigenvalue weighted by atomic mass is 16.4. The molecule has 2 amide bonds. The zero-order valence-corrected chi connectivity index (χ0v) is 7.04. The van der Waals surface area contributed by atoms with E-state index in [2.05, 4.69) is 5.43 Å². The van der Waals surface area contributed by atoms with Gasteiger partial charge in [0.05, 0.1) is 5.69 Å². The van der Waals surface area contributed by atoms with Crippen LogP contribution in [-0.2, 0) is 0 Å². The van der Waals surface area contributed by atoms with Crippen LogP contribution in [0.1, 0.15) is 0 Å². The Morgan fingerprint density at radius 1 is 1.07 bits per heavy atom. The first-order valence-electron chi connectivity index (χ1n) is 3.69. The van der Waals surface area contributed by atoms with Crippen molar-refractivity contribution in [2.24, 2.45) is 0 Å². The summed E-state index contributed by atoms with van der Waals surface area (Å²) in [5.41, 5.74) is 2.60. The van der Waals surface area contributed by atoms with Crippen molar-refractivity contribution in [3.8, 4) is 0 Å². The summed E-state index contributed by atoms with van der Waals surface area (Å²) < 4.78 is 0. The Balaban J connectivity index is 2.75. The van der Waals surface area contributed by atoms with Crippen LogP contribution in [0.15, 0.2) is 30.3 Å². The van der Waals surface area contributed by atoms with E-state index in [9.17, 15) is 9.59 Å². The van der Waals surface area contributed by atoms with Gasteiger partial charge in [-0.15, -0.1) is 5.01 Å². The number of hydrazine groups is 1. The molecule has 0 heterocycles. The van der Waals surface area contributed by atoms with Crippen LogP contribution in [0.25, 0.3) is 0 Å². The van der Waals surface area contributed by atoms with Gasteiger partial charge in [0.25, 0.3) is 0 Å². The molecular formula is C8H8N2O4. The Morgan fingerprint density at radius 2 is 1.57 bits per heavy atom. The normalized spacial score (nSPS) is 9.14. The molecule has 0 fully saturated rings. The van der Waals surface area contributed by atoms with Gasteiger partial charge in [-0.05, 0) is 12.1 Å². The maximum absolute atomic E-state index is 10.4. The van der Waals surface area contributed by atoms with E-state index >= 15 is 0 Å². The minimum absolute atomic E-state index is 0.0787. The van der Waals surface area contributed by atoms with Crippen LogP contribution in [0.4, 0.5) is 15.3 Å². The van der Waals surface area contributed by atoms with Gasteiger partial charge in [0.1, 0.15) is 0 Å². The summed E-state index contributed by atoms with van der Waals surface area (Å²) in [6.07, 6.45) is -3.16. The van der Waals surface area contributed by atoms with E-state index in [0.29, 0.717) is 5.69 Å². The second-order valence-electron chi connectivity index (χ2n) is 2.38. The SMILES string of the molecule is O=C(O)N(Nc1ccccc1)C(=O)O. The van der Waals surface area contributed by atoms with Crippen molar-refractivity contribution >= 4 is 17.9 Å². The van der Waals surface area contributed by atoms with E-state index in [4.69, 9.17) is 10.2 Å². The number of hydrogen-bond donors (Lipinski definition) is 3. The lowest BCUT2D eigenvalue weighted by Crippen LogP contribution is -2.39. The van der Waals surface area contributed by atoms with Gasteiger partial charge < -0.3 is 10.2 Å². The highest BCUT2D eigenvalue weighted by Gasteiger charge is 2.19. The monoisotopic (exact) mass is 196 g/mol. The number of para-hydroxylation sites is 1. The summed E-state index contributed by atoms with van der Waals surface area (Å²) >= 11 is 0. The second kappa shape index (κ2) is 4.13. The second-order valence-corrected chi connectivity index (χ2v) is 2.38. The average Bonchev–Trinajstić information content (AvgIpc) is 2.15. The molecule has 0 bridgehead atoms. The Labute approximate surface area is 79.4 Å². The first-order chi connectivity index (χ1) is 6.61. The topological polar surface area (TPSA) is 89.9 Å². The predicted octanol–water partition coefficient (Wildman–Crippen LogP) is 1.67. The Hall–Kier alpha value is -2.24. The van der Waals surface area contributed by atoms with E-state index in [1.807, 2.05) is 0 Å². The van der Waals surface area contributed by atoms with Crippen molar-refractivity contribution < 1.29 is 19.8 Å². The molecule has 14 heavy (non-hydrogen) atoms. The van der Waals surface area contributed by atoms with Crippen molar-refractivity contribution in [2.75, 3.05) is 5.43 Å². The number of carbonyl (C=O) groups is 2. The maximum atomic E-state index is 10.4. The van der Waals surface area contributed by atoms with Gasteiger partial charge in [-0.1, -0.05) is 18.2 Å². The third-order valence-electron chi connectivity index (χ3n) is 1.40. The predicted molar refractivity (Wildman–Crippen MR) is 48.0 cm³/mol. The van der Waals surface area contributed by atoms with Gasteiger partial charge >= 0.3 is 12.2 Å². The number of imide groups is 1. The summed E-state index contributed by atoms with van der Waals surface area (Å²) in [5, 5.41) is 17.1. The molecule has 3 N–H and O–H groups in total. The van der Waals surface area contributed by atoms with Gasteiger partial charge in [-0.25, -0.2) is 9.59 Å². The molecule has 1 rings (SSSR count). The lowest BCUT2D eigenvalue weighted by Gasteiger charge is -2.15. The largest absolute Gasteiger partial charge is 0.463 e. The molecule has 0 aliphatic carbocycles. The number of hydrogen-bond acceptors (Lipinski definition) is 3. The molecule has 0 saturated carbocycles. The summed E-state index contributed by atoms with van der Waals surface area (Å²) in [5.74, 6) is 0. The van der Waals surface area contributed by atoms with Crippen LogP contribution in [0.2, 0.25) is 0 Å². The highest BCUT2D eigenvalue weighted by Crippen LogP contribution is 2.06. The average molecular weight is 196 g/mol. The first-order valence-corrected chi connectivity index (χ1v) is 3.69. The van der Waals surface area contributed by atoms with Crippen molar-refractivity contribution in [1.29, 1.82) is 0 Å². The molecule has 0 aliphatic rings.